The van der Waals surface area contributed by atoms with Crippen molar-refractivity contribution in [1.29, 1.82) is 0 Å². The van der Waals surface area contributed by atoms with E-state index in [0.717, 1.165) is 38.3 Å². The van der Waals surface area contributed by atoms with Crippen LogP contribution in [0.15, 0.2) is 9.98 Å². The molecular formula is C14H31N5. The van der Waals surface area contributed by atoms with Crippen LogP contribution in [0.4, 0.5) is 0 Å². The summed E-state index contributed by atoms with van der Waals surface area (Å²) in [6, 6.07) is 0. The number of nitrogens with zero attached hydrogens (tertiary/aromatic N) is 3. The van der Waals surface area contributed by atoms with Gasteiger partial charge in [-0.3, -0.25) is 5.32 Å². The van der Waals surface area contributed by atoms with Gasteiger partial charge in [0.2, 0.25) is 5.96 Å². The average Bonchev–Trinajstić information content (AvgIpc) is 2.43. The van der Waals surface area contributed by atoms with Crippen LogP contribution in [0.25, 0.3) is 0 Å². The van der Waals surface area contributed by atoms with Gasteiger partial charge in [-0.1, -0.05) is 13.8 Å². The molecule has 0 bridgehead atoms. The Hall–Kier alpha value is -0.940. The lowest BCUT2D eigenvalue weighted by Crippen LogP contribution is -2.32. The third-order valence-electron chi connectivity index (χ3n) is 3.06. The second-order valence-electron chi connectivity index (χ2n) is 4.66. The van der Waals surface area contributed by atoms with E-state index in [2.05, 4.69) is 41.4 Å². The van der Waals surface area contributed by atoms with Crippen LogP contribution in [0.3, 0.4) is 0 Å². The molecule has 0 saturated carbocycles. The molecule has 112 valence electrons. The molecule has 0 saturated heterocycles. The fourth-order valence-electron chi connectivity index (χ4n) is 1.59. The van der Waals surface area contributed by atoms with E-state index in [1.165, 1.54) is 5.71 Å². The van der Waals surface area contributed by atoms with Crippen LogP contribution in [0.5, 0.6) is 0 Å². The van der Waals surface area contributed by atoms with Crippen LogP contribution in [-0.2, 0) is 0 Å². The molecule has 1 unspecified atom stereocenters. The SMILES string of the molecule is CCC(CC)=NC(=NC(C)NC)N(C)CCCNC. The lowest BCUT2D eigenvalue weighted by molar-refractivity contribution is 0.469. The first-order chi connectivity index (χ1) is 9.08. The van der Waals surface area contributed by atoms with Gasteiger partial charge in [0.1, 0.15) is 6.17 Å². The highest BCUT2D eigenvalue weighted by molar-refractivity contribution is 5.96. The Morgan fingerprint density at radius 1 is 1.21 bits per heavy atom. The van der Waals surface area contributed by atoms with Crippen LogP contribution in [0.1, 0.15) is 40.0 Å². The zero-order chi connectivity index (χ0) is 14.7. The lowest BCUT2D eigenvalue weighted by Gasteiger charge is -2.20. The monoisotopic (exact) mass is 269 g/mol. The van der Waals surface area contributed by atoms with Crippen molar-refractivity contribution in [2.45, 2.75) is 46.2 Å². The maximum atomic E-state index is 4.71. The first kappa shape index (κ1) is 18.1. The van der Waals surface area contributed by atoms with Crippen molar-refractivity contribution in [3.63, 3.8) is 0 Å². The van der Waals surface area contributed by atoms with E-state index in [1.54, 1.807) is 0 Å². The number of aliphatic imine (C=N–C) groups is 2. The summed E-state index contributed by atoms with van der Waals surface area (Å²) in [5, 5.41) is 6.29. The molecular weight excluding hydrogens is 238 g/mol. The van der Waals surface area contributed by atoms with Gasteiger partial charge in [-0.2, -0.15) is 0 Å². The van der Waals surface area contributed by atoms with Crippen LogP contribution in [-0.4, -0.2) is 57.0 Å². The molecule has 0 aliphatic rings. The van der Waals surface area contributed by atoms with Crippen LogP contribution in [0.2, 0.25) is 0 Å². The molecule has 1 atom stereocenters. The van der Waals surface area contributed by atoms with Gasteiger partial charge in [-0.25, -0.2) is 9.98 Å². The average molecular weight is 269 g/mol. The summed E-state index contributed by atoms with van der Waals surface area (Å²) in [5.74, 6) is 0.830. The second-order valence-corrected chi connectivity index (χ2v) is 4.66. The molecule has 2 N–H and O–H groups in total. The molecule has 0 aromatic carbocycles. The Labute approximate surface area is 118 Å². The van der Waals surface area contributed by atoms with Crippen molar-refractivity contribution < 1.29 is 0 Å². The van der Waals surface area contributed by atoms with Crippen molar-refractivity contribution in [3.05, 3.63) is 0 Å². The lowest BCUT2D eigenvalue weighted by atomic mass is 10.2. The molecule has 0 aromatic heterocycles. The number of hydrogen-bond donors (Lipinski definition) is 2. The highest BCUT2D eigenvalue weighted by Gasteiger charge is 2.08. The first-order valence-corrected chi connectivity index (χ1v) is 7.26. The number of rotatable bonds is 8. The Balaban J connectivity index is 4.85. The normalized spacial score (nSPS) is 13.3. The van der Waals surface area contributed by atoms with Gasteiger partial charge in [0, 0.05) is 19.3 Å². The zero-order valence-corrected chi connectivity index (χ0v) is 13.5. The van der Waals surface area contributed by atoms with E-state index in [-0.39, 0.29) is 6.17 Å². The van der Waals surface area contributed by atoms with Crippen LogP contribution in [0, 0.1) is 0 Å². The summed E-state index contributed by atoms with van der Waals surface area (Å²) in [6.07, 6.45) is 3.13. The van der Waals surface area contributed by atoms with Gasteiger partial charge < -0.3 is 10.2 Å². The van der Waals surface area contributed by atoms with Crippen molar-refractivity contribution in [2.75, 3.05) is 34.2 Å². The maximum absolute atomic E-state index is 4.71. The third-order valence-corrected chi connectivity index (χ3v) is 3.06. The summed E-state index contributed by atoms with van der Waals surface area (Å²) in [5.41, 5.74) is 1.20. The van der Waals surface area contributed by atoms with Gasteiger partial charge >= 0.3 is 0 Å². The largest absolute Gasteiger partial charge is 0.344 e. The summed E-state index contributed by atoms with van der Waals surface area (Å²) in [6.45, 7) is 8.29. The minimum atomic E-state index is 0.0838. The van der Waals surface area contributed by atoms with E-state index in [9.17, 15) is 0 Å². The molecule has 0 aliphatic heterocycles. The van der Waals surface area contributed by atoms with E-state index in [1.807, 2.05) is 21.0 Å². The fourth-order valence-corrected chi connectivity index (χ4v) is 1.59. The summed E-state index contributed by atoms with van der Waals surface area (Å²) >= 11 is 0. The van der Waals surface area contributed by atoms with E-state index < -0.39 is 0 Å². The molecule has 0 aromatic rings. The molecule has 0 rings (SSSR count). The Kier molecular flexibility index (Phi) is 10.4. The topological polar surface area (TPSA) is 52.0 Å². The van der Waals surface area contributed by atoms with Crippen molar-refractivity contribution in [3.8, 4) is 0 Å². The van der Waals surface area contributed by atoms with Gasteiger partial charge in [0.15, 0.2) is 0 Å². The highest BCUT2D eigenvalue weighted by Crippen LogP contribution is 2.00. The van der Waals surface area contributed by atoms with Crippen molar-refractivity contribution >= 4 is 11.7 Å². The number of guanidine groups is 1. The number of nitrogens with one attached hydrogen (secondary N) is 2. The summed E-state index contributed by atoms with van der Waals surface area (Å²) in [7, 11) is 5.95. The molecule has 0 amide bonds. The summed E-state index contributed by atoms with van der Waals surface area (Å²) in [4.78, 5) is 11.5. The predicted molar refractivity (Wildman–Crippen MR) is 85.1 cm³/mol. The molecule has 0 radical (unpaired) electrons. The standard InChI is InChI=1S/C14H31N5/c1-7-13(8-2)18-14(17-12(3)16-5)19(6)11-9-10-15-4/h12,15-16H,7-11H2,1-6H3. The third kappa shape index (κ3) is 7.95. The Morgan fingerprint density at radius 2 is 1.84 bits per heavy atom. The van der Waals surface area contributed by atoms with Crippen molar-refractivity contribution in [1.82, 2.24) is 15.5 Å². The van der Waals surface area contributed by atoms with E-state index in [0.29, 0.717) is 0 Å². The minimum Gasteiger partial charge on any atom is -0.344 e. The quantitative estimate of drug-likeness (QED) is 0.401. The molecule has 0 heterocycles. The fraction of sp³-hybridized carbons (Fsp3) is 0.857. The van der Waals surface area contributed by atoms with Crippen LogP contribution < -0.4 is 10.6 Å². The molecule has 19 heavy (non-hydrogen) atoms. The smallest absolute Gasteiger partial charge is 0.221 e. The van der Waals surface area contributed by atoms with Crippen LogP contribution >= 0.6 is 0 Å². The van der Waals surface area contributed by atoms with E-state index in [4.69, 9.17) is 4.99 Å². The zero-order valence-electron chi connectivity index (χ0n) is 13.5. The van der Waals surface area contributed by atoms with Gasteiger partial charge in [0.05, 0.1) is 0 Å². The molecule has 0 spiro atoms. The predicted octanol–water partition coefficient (Wildman–Crippen LogP) is 1.71. The maximum Gasteiger partial charge on any atom is 0.221 e. The number of hydrogen-bond acceptors (Lipinski definition) is 3. The van der Waals surface area contributed by atoms with Gasteiger partial charge in [0.25, 0.3) is 0 Å². The van der Waals surface area contributed by atoms with Crippen molar-refractivity contribution in [2.24, 2.45) is 9.98 Å². The minimum absolute atomic E-state index is 0.0838. The Morgan fingerprint density at radius 3 is 2.32 bits per heavy atom. The first-order valence-electron chi connectivity index (χ1n) is 7.26. The highest BCUT2D eigenvalue weighted by atomic mass is 15.3. The molecule has 5 heteroatoms. The van der Waals surface area contributed by atoms with Gasteiger partial charge in [-0.15, -0.1) is 0 Å². The Bertz CT molecular complexity index is 280. The molecule has 0 aliphatic carbocycles. The molecule has 5 nitrogen and oxygen atoms in total. The molecule has 0 fully saturated rings. The second kappa shape index (κ2) is 10.9. The van der Waals surface area contributed by atoms with Gasteiger partial charge in [-0.05, 0) is 46.8 Å². The summed E-state index contributed by atoms with van der Waals surface area (Å²) < 4.78 is 0. The van der Waals surface area contributed by atoms with E-state index >= 15 is 0 Å².